The molecule has 0 fully saturated rings. The monoisotopic (exact) mass is 772 g/mol. The van der Waals surface area contributed by atoms with Gasteiger partial charge in [-0.25, -0.2) is 13.9 Å². The van der Waals surface area contributed by atoms with Crippen molar-refractivity contribution in [2.75, 3.05) is 40.4 Å². The number of rotatable bonds is 2. The lowest BCUT2D eigenvalue weighted by atomic mass is 9.99. The van der Waals surface area contributed by atoms with Crippen LogP contribution in [0.3, 0.4) is 0 Å². The van der Waals surface area contributed by atoms with Gasteiger partial charge in [-0.05, 0) is 48.2 Å². The second kappa shape index (κ2) is 15.9. The number of ether oxygens (including phenoxy) is 2. The third-order valence-electron chi connectivity index (χ3n) is 7.75. The summed E-state index contributed by atoms with van der Waals surface area (Å²) in [5.74, 6) is -1.21. The van der Waals surface area contributed by atoms with E-state index in [1.807, 2.05) is 21.7 Å². The molecule has 0 aliphatic carbocycles. The molecule has 16 heteroatoms. The summed E-state index contributed by atoms with van der Waals surface area (Å²) >= 11 is 26.7. The van der Waals surface area contributed by atoms with Crippen LogP contribution in [0.25, 0.3) is 0 Å². The molecule has 2 unspecified atom stereocenters. The number of benzene rings is 2. The summed E-state index contributed by atoms with van der Waals surface area (Å²) in [5, 5.41) is 1.48. The average molecular weight is 775 g/mol. The maximum Gasteiger partial charge on any atom is 0.337 e. The van der Waals surface area contributed by atoms with Crippen molar-refractivity contribution in [2.24, 2.45) is 0 Å². The summed E-state index contributed by atoms with van der Waals surface area (Å²) < 4.78 is 44.4. The molecule has 0 saturated carbocycles. The van der Waals surface area contributed by atoms with Gasteiger partial charge in [0.2, 0.25) is 0 Å². The summed E-state index contributed by atoms with van der Waals surface area (Å²) in [5.41, 5.74) is 1.57. The topological polar surface area (TPSA) is 99.7 Å². The number of cyclic esters (lactones) is 2. The Morgan fingerprint density at radius 3 is 1.81 bits per heavy atom. The summed E-state index contributed by atoms with van der Waals surface area (Å²) in [4.78, 5) is 26.9. The molecule has 0 spiro atoms. The Bertz CT molecular complexity index is 1800. The lowest BCUT2D eigenvalue weighted by Crippen LogP contribution is -2.47. The van der Waals surface area contributed by atoms with E-state index >= 15 is 0 Å². The zero-order valence-electron chi connectivity index (χ0n) is 25.9. The maximum absolute atomic E-state index is 13.6. The largest absolute Gasteiger partial charge is 0.458 e. The van der Waals surface area contributed by atoms with Crippen molar-refractivity contribution >= 4 is 80.7 Å². The molecule has 4 bridgehead atoms. The molecular weight excluding hydrogens is 742 g/mol. The molecule has 2 aromatic rings. The van der Waals surface area contributed by atoms with Crippen molar-refractivity contribution in [1.29, 1.82) is 0 Å². The van der Waals surface area contributed by atoms with E-state index in [2.05, 4.69) is 0 Å². The van der Waals surface area contributed by atoms with Crippen LogP contribution in [0.5, 0.6) is 0 Å². The van der Waals surface area contributed by atoms with E-state index in [-0.39, 0.29) is 36.8 Å². The zero-order valence-corrected chi connectivity index (χ0v) is 30.5. The Labute approximate surface area is 304 Å². The third-order valence-corrected chi connectivity index (χ3v) is 11.7. The van der Waals surface area contributed by atoms with Crippen LogP contribution in [0, 0.1) is 0 Å². The number of carbonyl (C=O) groups excluding carboxylic acids is 2. The molecule has 0 amide bonds. The van der Waals surface area contributed by atoms with Crippen LogP contribution in [-0.2, 0) is 29.3 Å². The molecule has 0 N–H and O–H groups in total. The van der Waals surface area contributed by atoms with Crippen LogP contribution in [0.2, 0.25) is 20.1 Å². The fraction of sp³-hybridized carbons (Fsp3) is 0.312. The highest BCUT2D eigenvalue weighted by Gasteiger charge is 2.42. The quantitative estimate of drug-likeness (QED) is 0.179. The molecule has 0 aromatic heterocycles. The molecule has 3 heterocycles. The smallest absolute Gasteiger partial charge is 0.337 e. The van der Waals surface area contributed by atoms with E-state index in [1.54, 1.807) is 54.8 Å². The Morgan fingerprint density at radius 2 is 1.25 bits per heavy atom. The predicted octanol–water partition coefficient (Wildman–Crippen LogP) is 7.15. The van der Waals surface area contributed by atoms with Gasteiger partial charge < -0.3 is 13.8 Å². The third kappa shape index (κ3) is 8.19. The molecule has 3 aliphatic rings. The normalized spacial score (nSPS) is 24.5. The second-order valence-electron chi connectivity index (χ2n) is 10.9. The zero-order chi connectivity index (χ0) is 34.6. The van der Waals surface area contributed by atoms with Gasteiger partial charge in [0.1, 0.15) is 13.2 Å². The second-order valence-corrected chi connectivity index (χ2v) is 15.8. The van der Waals surface area contributed by atoms with Gasteiger partial charge in [0.15, 0.2) is 0 Å². The number of fused-ring (bicyclic) bond motifs is 2. The minimum Gasteiger partial charge on any atom is -0.458 e. The van der Waals surface area contributed by atoms with E-state index in [1.165, 1.54) is 31.4 Å². The SMILES string of the molecule is CN1SN2C=C(C(=O)OC/C=C\CCN3C=C(C(=O)OC/C=C\CC2)C(c2ccc(Cl)cc2Cl)N(C)S3(=O)=O)C1c1ccc(Cl)cc1Cl. The average Bonchev–Trinajstić information content (AvgIpc) is 3.02. The van der Waals surface area contributed by atoms with Gasteiger partial charge in [0, 0.05) is 71.8 Å². The Kier molecular flexibility index (Phi) is 12.1. The van der Waals surface area contributed by atoms with E-state index in [9.17, 15) is 18.0 Å². The summed E-state index contributed by atoms with van der Waals surface area (Å²) in [6.07, 6.45) is 10.8. The summed E-state index contributed by atoms with van der Waals surface area (Å²) in [7, 11) is -0.821. The first-order valence-electron chi connectivity index (χ1n) is 14.8. The summed E-state index contributed by atoms with van der Waals surface area (Å²) in [6.45, 7) is 0.438. The highest BCUT2D eigenvalue weighted by atomic mass is 35.5. The predicted molar refractivity (Wildman–Crippen MR) is 189 cm³/mol. The molecule has 0 saturated heterocycles. The molecule has 0 radical (unpaired) electrons. The first-order chi connectivity index (χ1) is 22.9. The van der Waals surface area contributed by atoms with Gasteiger partial charge in [0.05, 0.1) is 23.2 Å². The van der Waals surface area contributed by atoms with Crippen molar-refractivity contribution in [3.8, 4) is 0 Å². The van der Waals surface area contributed by atoms with Gasteiger partial charge in [-0.1, -0.05) is 82.8 Å². The van der Waals surface area contributed by atoms with Crippen molar-refractivity contribution < 1.29 is 27.5 Å². The number of carbonyl (C=O) groups is 2. The number of likely N-dealkylation sites (N-methyl/N-ethyl adjacent to an activating group) is 2. The van der Waals surface area contributed by atoms with Crippen LogP contribution < -0.4 is 0 Å². The van der Waals surface area contributed by atoms with Gasteiger partial charge in [-0.15, -0.1) is 0 Å². The van der Waals surface area contributed by atoms with E-state index in [4.69, 9.17) is 55.9 Å². The molecule has 3 aliphatic heterocycles. The highest BCUT2D eigenvalue weighted by Crippen LogP contribution is 2.43. The molecule has 10 nitrogen and oxygen atoms in total. The van der Waals surface area contributed by atoms with Crippen LogP contribution in [0.15, 0.2) is 84.2 Å². The Morgan fingerprint density at radius 1 is 0.729 bits per heavy atom. The minimum absolute atomic E-state index is 0.00808. The molecule has 256 valence electrons. The fourth-order valence-electron chi connectivity index (χ4n) is 5.42. The van der Waals surface area contributed by atoms with Crippen LogP contribution in [0.4, 0.5) is 0 Å². The van der Waals surface area contributed by atoms with Gasteiger partial charge >= 0.3 is 22.1 Å². The number of halogens is 4. The molecule has 2 atom stereocenters. The number of hydrogen-bond acceptors (Lipinski definition) is 9. The van der Waals surface area contributed by atoms with Gasteiger partial charge in [-0.2, -0.15) is 12.7 Å². The molecule has 5 rings (SSSR count). The van der Waals surface area contributed by atoms with Gasteiger partial charge in [0.25, 0.3) is 0 Å². The minimum atomic E-state index is -4.06. The maximum atomic E-state index is 13.6. The Hall–Kier alpha value is -2.68. The first kappa shape index (κ1) is 36.6. The van der Waals surface area contributed by atoms with Crippen LogP contribution in [0.1, 0.15) is 36.1 Å². The Balaban J connectivity index is 1.42. The van der Waals surface area contributed by atoms with Gasteiger partial charge in [-0.3, -0.25) is 4.31 Å². The molecule has 48 heavy (non-hydrogen) atoms. The van der Waals surface area contributed by atoms with Crippen molar-refractivity contribution in [3.63, 3.8) is 0 Å². The van der Waals surface area contributed by atoms with Crippen molar-refractivity contribution in [3.05, 3.63) is 115 Å². The van der Waals surface area contributed by atoms with Crippen molar-refractivity contribution in [1.82, 2.24) is 17.2 Å². The number of nitrogens with zero attached hydrogens (tertiary/aromatic N) is 4. The number of hydrogen-bond donors (Lipinski definition) is 0. The van der Waals surface area contributed by atoms with E-state index < -0.39 is 34.2 Å². The number of esters is 2. The first-order valence-corrected chi connectivity index (χ1v) is 18.4. The molecular formula is C32H32Cl4N4O6S2. The van der Waals surface area contributed by atoms with Crippen molar-refractivity contribution in [2.45, 2.75) is 24.9 Å². The van der Waals surface area contributed by atoms with Crippen LogP contribution in [-0.4, -0.2) is 78.0 Å². The van der Waals surface area contributed by atoms with E-state index in [0.717, 1.165) is 8.61 Å². The highest BCUT2D eigenvalue weighted by molar-refractivity contribution is 7.94. The van der Waals surface area contributed by atoms with E-state index in [0.29, 0.717) is 44.7 Å². The lowest BCUT2D eigenvalue weighted by Gasteiger charge is -2.38. The summed E-state index contributed by atoms with van der Waals surface area (Å²) in [6, 6.07) is 8.26. The molecule has 2 aromatic carbocycles. The lowest BCUT2D eigenvalue weighted by molar-refractivity contribution is -0.139. The fourth-order valence-corrected chi connectivity index (χ4v) is 8.85. The standard InChI is InChI=1S/C32H32Cl4N4O6S2/c1-37-29(23-11-9-21(33)17-27(23)35)25-19-39(47-37)13-5-3-7-15-46-32(42)26-20-40(14-6-4-8-16-45-31(25)41)48(43,44)38(2)30(26)24-12-10-22(34)18-28(24)36/h3-4,7-12,17-20,29-30H,5-6,13-16H2,1-2H3/b7-3-,8-4-. The van der Waals surface area contributed by atoms with Crippen LogP contribution >= 0.6 is 58.5 Å².